The number of benzene rings is 1. The largest absolute Gasteiger partial charge is 0.369 e. The Bertz CT molecular complexity index is 827. The Hall–Kier alpha value is -2.76. The molecule has 1 unspecified atom stereocenters. The summed E-state index contributed by atoms with van der Waals surface area (Å²) in [4.78, 5) is 14.4. The number of aromatic nitrogens is 1. The molecule has 31 heavy (non-hydrogen) atoms. The van der Waals surface area contributed by atoms with Crippen LogP contribution in [0.15, 0.2) is 53.7 Å². The maximum Gasteiger partial charge on any atom is 0.191 e. The van der Waals surface area contributed by atoms with Crippen molar-refractivity contribution in [2.75, 3.05) is 42.5 Å². The Morgan fingerprint density at radius 2 is 1.81 bits per heavy atom. The van der Waals surface area contributed by atoms with Crippen LogP contribution in [0.3, 0.4) is 0 Å². The van der Waals surface area contributed by atoms with Gasteiger partial charge in [0.2, 0.25) is 0 Å². The number of hydrogen-bond donors (Lipinski definition) is 2. The van der Waals surface area contributed by atoms with E-state index in [-0.39, 0.29) is 0 Å². The highest BCUT2D eigenvalue weighted by Gasteiger charge is 2.23. The van der Waals surface area contributed by atoms with E-state index in [1.54, 1.807) is 0 Å². The molecule has 0 bridgehead atoms. The highest BCUT2D eigenvalue weighted by Crippen LogP contribution is 2.22. The minimum atomic E-state index is 0.403. The molecule has 3 heterocycles. The second-order valence-corrected chi connectivity index (χ2v) is 8.80. The summed E-state index contributed by atoms with van der Waals surface area (Å²) >= 11 is 0. The molecule has 0 spiro atoms. The van der Waals surface area contributed by atoms with Crippen molar-refractivity contribution < 1.29 is 0 Å². The van der Waals surface area contributed by atoms with E-state index in [4.69, 9.17) is 9.98 Å². The van der Waals surface area contributed by atoms with Crippen LogP contribution in [0, 0.1) is 5.92 Å². The molecule has 2 N–H and O–H groups in total. The minimum absolute atomic E-state index is 0.403. The molecule has 166 valence electrons. The van der Waals surface area contributed by atoms with Gasteiger partial charge in [-0.15, -0.1) is 0 Å². The first-order valence-electron chi connectivity index (χ1n) is 11.8. The van der Waals surface area contributed by atoms with Gasteiger partial charge >= 0.3 is 0 Å². The van der Waals surface area contributed by atoms with Crippen molar-refractivity contribution in [1.82, 2.24) is 15.6 Å². The van der Waals surface area contributed by atoms with E-state index in [0.717, 1.165) is 62.4 Å². The number of nitrogens with zero attached hydrogens (tertiary/aromatic N) is 4. The summed E-state index contributed by atoms with van der Waals surface area (Å²) < 4.78 is 0. The van der Waals surface area contributed by atoms with E-state index in [1.165, 1.54) is 18.5 Å². The Labute approximate surface area is 186 Å². The van der Waals surface area contributed by atoms with Crippen LogP contribution in [0.1, 0.15) is 38.7 Å². The van der Waals surface area contributed by atoms with Crippen molar-refractivity contribution in [2.45, 2.75) is 45.7 Å². The molecule has 6 heteroatoms. The first-order chi connectivity index (χ1) is 15.2. The number of guanidine groups is 1. The Morgan fingerprint density at radius 3 is 2.52 bits per heavy atom. The molecular formula is C25H36N6. The first kappa shape index (κ1) is 21.5. The van der Waals surface area contributed by atoms with Crippen molar-refractivity contribution in [3.05, 3.63) is 54.2 Å². The molecule has 6 nitrogen and oxygen atoms in total. The van der Waals surface area contributed by atoms with Crippen LogP contribution in [0.2, 0.25) is 0 Å². The smallest absolute Gasteiger partial charge is 0.191 e. The van der Waals surface area contributed by atoms with Crippen molar-refractivity contribution in [3.63, 3.8) is 0 Å². The van der Waals surface area contributed by atoms with Crippen molar-refractivity contribution >= 4 is 17.5 Å². The van der Waals surface area contributed by atoms with Gasteiger partial charge in [0, 0.05) is 50.6 Å². The van der Waals surface area contributed by atoms with Gasteiger partial charge in [-0.2, -0.15) is 0 Å². The van der Waals surface area contributed by atoms with Gasteiger partial charge in [0.15, 0.2) is 5.96 Å². The predicted molar refractivity (Wildman–Crippen MR) is 130 cm³/mol. The van der Waals surface area contributed by atoms with Crippen molar-refractivity contribution in [3.8, 4) is 0 Å². The lowest BCUT2D eigenvalue weighted by Gasteiger charge is -2.31. The van der Waals surface area contributed by atoms with Gasteiger partial charge in [-0.05, 0) is 55.9 Å². The summed E-state index contributed by atoms with van der Waals surface area (Å²) in [5.74, 6) is 2.81. The molecule has 2 saturated heterocycles. The molecule has 0 saturated carbocycles. The van der Waals surface area contributed by atoms with Gasteiger partial charge in [-0.25, -0.2) is 9.98 Å². The van der Waals surface area contributed by atoms with Crippen molar-refractivity contribution in [2.24, 2.45) is 10.9 Å². The van der Waals surface area contributed by atoms with E-state index >= 15 is 0 Å². The van der Waals surface area contributed by atoms with Crippen LogP contribution in [0.5, 0.6) is 0 Å². The van der Waals surface area contributed by atoms with E-state index in [2.05, 4.69) is 76.7 Å². The van der Waals surface area contributed by atoms with Crippen molar-refractivity contribution in [1.29, 1.82) is 0 Å². The molecule has 2 aliphatic heterocycles. The lowest BCUT2D eigenvalue weighted by Crippen LogP contribution is -2.44. The zero-order valence-corrected chi connectivity index (χ0v) is 18.9. The SMILES string of the molecule is CCNC(=NCc1ccc(N2CCC(C)CC2)nc1)NC1CCN(c2ccccc2)C1. The molecule has 1 aromatic heterocycles. The Balaban J connectivity index is 1.31. The second-order valence-electron chi connectivity index (χ2n) is 8.80. The summed E-state index contributed by atoms with van der Waals surface area (Å²) in [5, 5.41) is 7.02. The quantitative estimate of drug-likeness (QED) is 0.552. The lowest BCUT2D eigenvalue weighted by molar-refractivity contribution is 0.436. The van der Waals surface area contributed by atoms with Gasteiger partial charge in [-0.3, -0.25) is 0 Å². The van der Waals surface area contributed by atoms with Crippen LogP contribution in [-0.2, 0) is 6.54 Å². The second kappa shape index (κ2) is 10.5. The Kier molecular flexibility index (Phi) is 7.28. The maximum atomic E-state index is 4.82. The van der Waals surface area contributed by atoms with Gasteiger partial charge in [0.05, 0.1) is 6.54 Å². The summed E-state index contributed by atoms with van der Waals surface area (Å²) in [6.45, 7) is 10.2. The van der Waals surface area contributed by atoms with E-state index < -0.39 is 0 Å². The molecule has 2 aliphatic rings. The molecule has 4 rings (SSSR count). The first-order valence-corrected chi connectivity index (χ1v) is 11.8. The summed E-state index contributed by atoms with van der Waals surface area (Å²) in [5.41, 5.74) is 2.44. The normalized spacial score (nSPS) is 20.2. The third kappa shape index (κ3) is 5.90. The minimum Gasteiger partial charge on any atom is -0.369 e. The van der Waals surface area contributed by atoms with Gasteiger partial charge < -0.3 is 20.4 Å². The number of piperidine rings is 1. The highest BCUT2D eigenvalue weighted by molar-refractivity contribution is 5.80. The molecule has 0 aliphatic carbocycles. The lowest BCUT2D eigenvalue weighted by atomic mass is 9.99. The van der Waals surface area contributed by atoms with Crippen LogP contribution in [0.25, 0.3) is 0 Å². The van der Waals surface area contributed by atoms with Gasteiger partial charge in [0.25, 0.3) is 0 Å². The zero-order valence-electron chi connectivity index (χ0n) is 18.9. The number of hydrogen-bond acceptors (Lipinski definition) is 4. The molecule has 1 atom stereocenters. The van der Waals surface area contributed by atoms with Crippen LogP contribution >= 0.6 is 0 Å². The molecule has 2 fully saturated rings. The zero-order chi connectivity index (χ0) is 21.5. The molecular weight excluding hydrogens is 384 g/mol. The molecule has 0 amide bonds. The van der Waals surface area contributed by atoms with E-state index in [0.29, 0.717) is 12.6 Å². The molecule has 0 radical (unpaired) electrons. The van der Waals surface area contributed by atoms with Gasteiger partial charge in [0.1, 0.15) is 5.82 Å². The topological polar surface area (TPSA) is 55.8 Å². The van der Waals surface area contributed by atoms with Gasteiger partial charge in [-0.1, -0.05) is 31.2 Å². The maximum absolute atomic E-state index is 4.82. The summed E-state index contributed by atoms with van der Waals surface area (Å²) in [6, 6.07) is 15.4. The third-order valence-electron chi connectivity index (χ3n) is 6.33. The molecule has 2 aromatic rings. The fourth-order valence-electron chi connectivity index (χ4n) is 4.37. The number of pyridine rings is 1. The number of nitrogens with one attached hydrogen (secondary N) is 2. The highest BCUT2D eigenvalue weighted by atomic mass is 15.2. The number of para-hydroxylation sites is 1. The average Bonchev–Trinajstić information content (AvgIpc) is 3.28. The summed E-state index contributed by atoms with van der Waals surface area (Å²) in [7, 11) is 0. The van der Waals surface area contributed by atoms with E-state index in [9.17, 15) is 0 Å². The fourth-order valence-corrected chi connectivity index (χ4v) is 4.37. The van der Waals surface area contributed by atoms with Crippen LogP contribution < -0.4 is 20.4 Å². The number of rotatable bonds is 6. The average molecular weight is 421 g/mol. The number of aliphatic imine (C=N–C) groups is 1. The third-order valence-corrected chi connectivity index (χ3v) is 6.33. The van der Waals surface area contributed by atoms with Crippen LogP contribution in [0.4, 0.5) is 11.5 Å². The monoisotopic (exact) mass is 420 g/mol. The standard InChI is InChI=1S/C25H36N6/c1-3-26-25(29-22-13-16-31(19-22)23-7-5-4-6-8-23)28-18-21-9-10-24(27-17-21)30-14-11-20(2)12-15-30/h4-10,17,20,22H,3,11-16,18-19H2,1-2H3,(H2,26,28,29). The predicted octanol–water partition coefficient (Wildman–Crippen LogP) is 3.65. The van der Waals surface area contributed by atoms with Crippen LogP contribution in [-0.4, -0.2) is 49.7 Å². The van der Waals surface area contributed by atoms with E-state index in [1.807, 2.05) is 6.20 Å². The Morgan fingerprint density at radius 1 is 1.03 bits per heavy atom. The fraction of sp³-hybridized carbons (Fsp3) is 0.520. The number of anilines is 2. The summed E-state index contributed by atoms with van der Waals surface area (Å²) in [6.07, 6.45) is 5.61. The molecule has 1 aromatic carbocycles.